The maximum atomic E-state index is 12.6. The Morgan fingerprint density at radius 1 is 0.800 bits per heavy atom. The lowest BCUT2D eigenvalue weighted by Crippen LogP contribution is -2.31. The van der Waals surface area contributed by atoms with Crippen molar-refractivity contribution in [1.82, 2.24) is 4.90 Å². The minimum Gasteiger partial charge on any atom is -0.481 e. The highest BCUT2D eigenvalue weighted by atomic mass is 16.4. The molecule has 25 heavy (non-hydrogen) atoms. The molecule has 0 radical (unpaired) electrons. The van der Waals surface area contributed by atoms with Crippen molar-refractivity contribution in [3.63, 3.8) is 0 Å². The molecule has 0 unspecified atom stereocenters. The molecule has 0 aliphatic carbocycles. The molecule has 0 atom stereocenters. The zero-order valence-corrected chi connectivity index (χ0v) is 14.4. The predicted molar refractivity (Wildman–Crippen MR) is 98.1 cm³/mol. The fourth-order valence-electron chi connectivity index (χ4n) is 2.76. The second-order valence-corrected chi connectivity index (χ2v) is 6.14. The fraction of sp³-hybridized carbons (Fsp3) is 0.333. The number of amides is 1. The van der Waals surface area contributed by atoms with Gasteiger partial charge in [0, 0.05) is 25.9 Å². The Labute approximate surface area is 149 Å². The zero-order valence-electron chi connectivity index (χ0n) is 14.4. The van der Waals surface area contributed by atoms with E-state index in [1.807, 2.05) is 48.5 Å². The van der Waals surface area contributed by atoms with E-state index in [0.717, 1.165) is 18.4 Å². The van der Waals surface area contributed by atoms with Crippen LogP contribution in [0.3, 0.4) is 0 Å². The molecule has 1 N–H and O–H groups in total. The molecule has 132 valence electrons. The number of benzene rings is 2. The van der Waals surface area contributed by atoms with E-state index >= 15 is 0 Å². The first kappa shape index (κ1) is 18.7. The van der Waals surface area contributed by atoms with Gasteiger partial charge in [-0.3, -0.25) is 9.59 Å². The van der Waals surface area contributed by atoms with Crippen molar-refractivity contribution in [2.24, 2.45) is 0 Å². The minimum atomic E-state index is -0.823. The van der Waals surface area contributed by atoms with Crippen LogP contribution < -0.4 is 0 Å². The van der Waals surface area contributed by atoms with Crippen LogP contribution >= 0.6 is 0 Å². The van der Waals surface area contributed by atoms with E-state index in [1.54, 1.807) is 4.90 Å². The lowest BCUT2D eigenvalue weighted by molar-refractivity contribution is -0.138. The first-order chi connectivity index (χ1) is 12.1. The van der Waals surface area contributed by atoms with E-state index in [2.05, 4.69) is 12.1 Å². The smallest absolute Gasteiger partial charge is 0.303 e. The molecule has 0 spiro atoms. The van der Waals surface area contributed by atoms with Crippen molar-refractivity contribution < 1.29 is 14.7 Å². The monoisotopic (exact) mass is 339 g/mol. The number of carboxylic acids is 1. The van der Waals surface area contributed by atoms with Crippen molar-refractivity contribution in [2.45, 2.75) is 38.6 Å². The topological polar surface area (TPSA) is 57.6 Å². The molecule has 0 fully saturated rings. The van der Waals surface area contributed by atoms with Gasteiger partial charge in [0.05, 0.1) is 0 Å². The number of carboxylic acid groups (broad SMARTS) is 1. The van der Waals surface area contributed by atoms with E-state index in [9.17, 15) is 9.59 Å². The number of hydrogen-bond donors (Lipinski definition) is 1. The Kier molecular flexibility index (Phi) is 7.70. The van der Waals surface area contributed by atoms with Gasteiger partial charge in [-0.15, -0.1) is 0 Å². The summed E-state index contributed by atoms with van der Waals surface area (Å²) in [6.07, 6.45) is 2.72. The van der Waals surface area contributed by atoms with Gasteiger partial charge in [0.25, 0.3) is 0 Å². The summed E-state index contributed by atoms with van der Waals surface area (Å²) in [7, 11) is 0. The summed E-state index contributed by atoms with van der Waals surface area (Å²) in [5.41, 5.74) is 2.30. The Morgan fingerprint density at radius 3 is 2.00 bits per heavy atom. The molecule has 1 amide bonds. The van der Waals surface area contributed by atoms with Crippen molar-refractivity contribution >= 4 is 11.9 Å². The third-order valence-electron chi connectivity index (χ3n) is 4.09. The molecule has 0 aromatic heterocycles. The van der Waals surface area contributed by atoms with Gasteiger partial charge in [0.15, 0.2) is 0 Å². The van der Waals surface area contributed by atoms with Crippen molar-refractivity contribution in [3.8, 4) is 0 Å². The van der Waals surface area contributed by atoms with Crippen LogP contribution in [0.15, 0.2) is 60.7 Å². The third kappa shape index (κ3) is 7.21. The lowest BCUT2D eigenvalue weighted by atomic mass is 10.1. The molecular formula is C21H25NO3. The molecule has 0 aliphatic heterocycles. The molecule has 2 rings (SSSR count). The summed E-state index contributed by atoms with van der Waals surface area (Å²) >= 11 is 0. The van der Waals surface area contributed by atoms with Crippen LogP contribution in [0.1, 0.15) is 36.8 Å². The molecule has 0 saturated carbocycles. The van der Waals surface area contributed by atoms with Gasteiger partial charge >= 0.3 is 5.97 Å². The first-order valence-electron chi connectivity index (χ1n) is 8.72. The number of carbonyl (C=O) groups is 2. The van der Waals surface area contributed by atoms with Gasteiger partial charge in [0.2, 0.25) is 5.91 Å². The summed E-state index contributed by atoms with van der Waals surface area (Å²) in [6.45, 7) is 1.01. The zero-order chi connectivity index (χ0) is 17.9. The number of aryl methyl sites for hydroxylation is 1. The SMILES string of the molecule is O=C(O)CCCN(Cc1ccccc1)C(=O)CCCc1ccccc1. The second kappa shape index (κ2) is 10.3. The Balaban J connectivity index is 1.88. The van der Waals surface area contributed by atoms with Crippen LogP contribution in [0.2, 0.25) is 0 Å². The molecule has 4 heteroatoms. The summed E-state index contributed by atoms with van der Waals surface area (Å²) in [5.74, 6) is -0.735. The van der Waals surface area contributed by atoms with E-state index in [1.165, 1.54) is 5.56 Å². The fourth-order valence-corrected chi connectivity index (χ4v) is 2.76. The van der Waals surface area contributed by atoms with Crippen LogP contribution in [0.4, 0.5) is 0 Å². The van der Waals surface area contributed by atoms with Crippen LogP contribution in [-0.2, 0) is 22.6 Å². The summed E-state index contributed by atoms with van der Waals surface area (Å²) in [4.78, 5) is 25.1. The predicted octanol–water partition coefficient (Wildman–Crippen LogP) is 3.90. The average molecular weight is 339 g/mol. The van der Waals surface area contributed by atoms with Gasteiger partial charge in [-0.1, -0.05) is 60.7 Å². The van der Waals surface area contributed by atoms with Crippen LogP contribution in [-0.4, -0.2) is 28.4 Å². The molecule has 2 aromatic carbocycles. The quantitative estimate of drug-likeness (QED) is 0.714. The highest BCUT2D eigenvalue weighted by Crippen LogP contribution is 2.11. The van der Waals surface area contributed by atoms with Gasteiger partial charge < -0.3 is 10.0 Å². The normalized spacial score (nSPS) is 10.4. The maximum Gasteiger partial charge on any atom is 0.303 e. The Morgan fingerprint density at radius 2 is 1.40 bits per heavy atom. The van der Waals surface area contributed by atoms with Crippen LogP contribution in [0, 0.1) is 0 Å². The highest BCUT2D eigenvalue weighted by Gasteiger charge is 2.14. The molecule has 4 nitrogen and oxygen atoms in total. The van der Waals surface area contributed by atoms with Crippen molar-refractivity contribution in [1.29, 1.82) is 0 Å². The maximum absolute atomic E-state index is 12.6. The van der Waals surface area contributed by atoms with Crippen molar-refractivity contribution in [3.05, 3.63) is 71.8 Å². The number of rotatable bonds is 10. The highest BCUT2D eigenvalue weighted by molar-refractivity contribution is 5.76. The summed E-state index contributed by atoms with van der Waals surface area (Å²) < 4.78 is 0. The standard InChI is InChI=1S/C21H25NO3/c23-20(14-7-13-18-9-3-1-4-10-18)22(16-8-15-21(24)25)17-19-11-5-2-6-12-19/h1-6,9-12H,7-8,13-17H2,(H,24,25). The van der Waals surface area contributed by atoms with Gasteiger partial charge in [0.1, 0.15) is 0 Å². The molecule has 0 bridgehead atoms. The third-order valence-corrected chi connectivity index (χ3v) is 4.09. The van der Waals surface area contributed by atoms with Gasteiger partial charge in [-0.25, -0.2) is 0 Å². The van der Waals surface area contributed by atoms with E-state index < -0.39 is 5.97 Å². The Hall–Kier alpha value is -2.62. The number of nitrogens with zero attached hydrogens (tertiary/aromatic N) is 1. The second-order valence-electron chi connectivity index (χ2n) is 6.14. The van der Waals surface area contributed by atoms with E-state index in [-0.39, 0.29) is 12.3 Å². The molecule has 2 aromatic rings. The van der Waals surface area contributed by atoms with Crippen molar-refractivity contribution in [2.75, 3.05) is 6.54 Å². The lowest BCUT2D eigenvalue weighted by Gasteiger charge is -2.23. The molecular weight excluding hydrogens is 314 g/mol. The molecule has 0 saturated heterocycles. The van der Waals surface area contributed by atoms with Crippen LogP contribution in [0.25, 0.3) is 0 Å². The molecule has 0 aliphatic rings. The summed E-state index contributed by atoms with van der Waals surface area (Å²) in [5, 5.41) is 8.82. The van der Waals surface area contributed by atoms with E-state index in [0.29, 0.717) is 25.9 Å². The largest absolute Gasteiger partial charge is 0.481 e. The first-order valence-corrected chi connectivity index (χ1v) is 8.72. The Bertz CT molecular complexity index is 655. The van der Waals surface area contributed by atoms with Gasteiger partial charge in [-0.05, 0) is 30.4 Å². The summed E-state index contributed by atoms with van der Waals surface area (Å²) in [6, 6.07) is 19.9. The average Bonchev–Trinajstić information content (AvgIpc) is 2.62. The van der Waals surface area contributed by atoms with Crippen LogP contribution in [0.5, 0.6) is 0 Å². The number of carbonyl (C=O) groups excluding carboxylic acids is 1. The van der Waals surface area contributed by atoms with Gasteiger partial charge in [-0.2, -0.15) is 0 Å². The number of aliphatic carboxylic acids is 1. The number of hydrogen-bond acceptors (Lipinski definition) is 2. The van der Waals surface area contributed by atoms with E-state index in [4.69, 9.17) is 5.11 Å². The molecule has 0 heterocycles. The minimum absolute atomic E-state index is 0.0859.